The maximum Gasteiger partial charge on any atom is 0.238 e. The van der Waals surface area contributed by atoms with Crippen molar-refractivity contribution in [1.82, 2.24) is 4.90 Å². The van der Waals surface area contributed by atoms with E-state index in [2.05, 4.69) is 15.5 Å². The van der Waals surface area contributed by atoms with E-state index in [-0.39, 0.29) is 24.9 Å². The summed E-state index contributed by atoms with van der Waals surface area (Å²) in [5.74, 6) is -0.372. The molecule has 0 aliphatic carbocycles. The molecule has 0 radical (unpaired) electrons. The van der Waals surface area contributed by atoms with E-state index < -0.39 is 0 Å². The second kappa shape index (κ2) is 10.2. The molecule has 2 amide bonds. The van der Waals surface area contributed by atoms with E-state index in [0.29, 0.717) is 10.7 Å². The minimum atomic E-state index is -0.197. The van der Waals surface area contributed by atoms with Crippen LogP contribution < -0.4 is 15.5 Å². The predicted molar refractivity (Wildman–Crippen MR) is 116 cm³/mol. The van der Waals surface area contributed by atoms with Crippen molar-refractivity contribution in [2.24, 2.45) is 0 Å². The normalized spacial score (nSPS) is 14.0. The van der Waals surface area contributed by atoms with Gasteiger partial charge < -0.3 is 20.3 Å². The SMILES string of the molecule is CN(CC(=O)Nc1ccc(Cl)cc1)CC(=O)Nc1ccc(N2CCOCC2)cc1. The molecular formula is C21H25ClN4O3. The summed E-state index contributed by atoms with van der Waals surface area (Å²) in [4.78, 5) is 28.3. The highest BCUT2D eigenvalue weighted by atomic mass is 35.5. The van der Waals surface area contributed by atoms with Gasteiger partial charge in [-0.05, 0) is 55.6 Å². The fourth-order valence-electron chi connectivity index (χ4n) is 3.06. The Labute approximate surface area is 175 Å². The molecule has 0 atom stereocenters. The molecule has 8 heteroatoms. The third-order valence-electron chi connectivity index (χ3n) is 4.48. The van der Waals surface area contributed by atoms with E-state index in [1.165, 1.54) is 0 Å². The van der Waals surface area contributed by atoms with Gasteiger partial charge in [-0.25, -0.2) is 0 Å². The molecule has 2 N–H and O–H groups in total. The van der Waals surface area contributed by atoms with Crippen LogP contribution in [0.4, 0.5) is 17.1 Å². The van der Waals surface area contributed by atoms with E-state index in [1.54, 1.807) is 36.2 Å². The van der Waals surface area contributed by atoms with Crippen LogP contribution in [0.2, 0.25) is 5.02 Å². The Kier molecular flexibility index (Phi) is 7.46. The molecule has 1 heterocycles. The topological polar surface area (TPSA) is 73.9 Å². The average Bonchev–Trinajstić information content (AvgIpc) is 2.70. The second-order valence-corrected chi connectivity index (χ2v) is 7.36. The third kappa shape index (κ3) is 6.74. The first-order valence-corrected chi connectivity index (χ1v) is 9.84. The first kappa shape index (κ1) is 21.1. The van der Waals surface area contributed by atoms with Gasteiger partial charge in [-0.1, -0.05) is 11.6 Å². The number of benzene rings is 2. The minimum absolute atomic E-state index is 0.103. The smallest absolute Gasteiger partial charge is 0.238 e. The molecule has 2 aromatic carbocycles. The number of amides is 2. The van der Waals surface area contributed by atoms with Gasteiger partial charge in [-0.15, -0.1) is 0 Å². The van der Waals surface area contributed by atoms with E-state index in [0.717, 1.165) is 37.7 Å². The Balaban J connectivity index is 1.43. The maximum atomic E-state index is 12.3. The summed E-state index contributed by atoms with van der Waals surface area (Å²) in [7, 11) is 1.72. The first-order chi connectivity index (χ1) is 14.0. The number of rotatable bonds is 7. The van der Waals surface area contributed by atoms with Crippen molar-refractivity contribution in [2.75, 3.05) is 62.0 Å². The second-order valence-electron chi connectivity index (χ2n) is 6.92. The molecule has 0 spiro atoms. The molecule has 0 aromatic heterocycles. The Hall–Kier alpha value is -2.61. The molecule has 7 nitrogen and oxygen atoms in total. The lowest BCUT2D eigenvalue weighted by Gasteiger charge is -2.28. The van der Waals surface area contributed by atoms with Crippen molar-refractivity contribution >= 4 is 40.5 Å². The van der Waals surface area contributed by atoms with Gasteiger partial charge in [0, 0.05) is 35.2 Å². The largest absolute Gasteiger partial charge is 0.378 e. The lowest BCUT2D eigenvalue weighted by molar-refractivity contribution is -0.119. The summed E-state index contributed by atoms with van der Waals surface area (Å²) in [6.45, 7) is 3.42. The monoisotopic (exact) mass is 416 g/mol. The van der Waals surface area contributed by atoms with Crippen LogP contribution in [0.5, 0.6) is 0 Å². The molecular weight excluding hydrogens is 392 g/mol. The third-order valence-corrected chi connectivity index (χ3v) is 4.73. The van der Waals surface area contributed by atoms with E-state index in [4.69, 9.17) is 16.3 Å². The molecule has 0 unspecified atom stereocenters. The zero-order chi connectivity index (χ0) is 20.6. The summed E-state index contributed by atoms with van der Waals surface area (Å²) in [6, 6.07) is 14.6. The molecule has 154 valence electrons. The molecule has 0 bridgehead atoms. The van der Waals surface area contributed by atoms with Crippen LogP contribution >= 0.6 is 11.6 Å². The number of ether oxygens (including phenoxy) is 1. The minimum Gasteiger partial charge on any atom is -0.378 e. The summed E-state index contributed by atoms with van der Waals surface area (Å²) in [6.07, 6.45) is 0. The lowest BCUT2D eigenvalue weighted by atomic mass is 10.2. The average molecular weight is 417 g/mol. The molecule has 1 fully saturated rings. The summed E-state index contributed by atoms with van der Waals surface area (Å²) in [5.41, 5.74) is 2.51. The van der Waals surface area contributed by atoms with Gasteiger partial charge in [-0.2, -0.15) is 0 Å². The van der Waals surface area contributed by atoms with Gasteiger partial charge in [0.15, 0.2) is 0 Å². The number of hydrogen-bond donors (Lipinski definition) is 2. The quantitative estimate of drug-likeness (QED) is 0.726. The highest BCUT2D eigenvalue weighted by Gasteiger charge is 2.13. The fraction of sp³-hybridized carbons (Fsp3) is 0.333. The fourth-order valence-corrected chi connectivity index (χ4v) is 3.18. The molecule has 29 heavy (non-hydrogen) atoms. The molecule has 1 aliphatic rings. The van der Waals surface area contributed by atoms with Crippen LogP contribution in [0, 0.1) is 0 Å². The summed E-state index contributed by atoms with van der Waals surface area (Å²) in [5, 5.41) is 6.24. The number of halogens is 1. The van der Waals surface area contributed by atoms with Crippen LogP contribution in [-0.4, -0.2) is 63.2 Å². The van der Waals surface area contributed by atoms with Crippen molar-refractivity contribution < 1.29 is 14.3 Å². The lowest BCUT2D eigenvalue weighted by Crippen LogP contribution is -2.36. The Bertz CT molecular complexity index is 821. The number of carbonyl (C=O) groups is 2. The number of anilines is 3. The molecule has 1 saturated heterocycles. The van der Waals surface area contributed by atoms with Crippen molar-refractivity contribution in [2.45, 2.75) is 0 Å². The molecule has 0 saturated carbocycles. The van der Waals surface area contributed by atoms with Crippen molar-refractivity contribution in [3.63, 3.8) is 0 Å². The van der Waals surface area contributed by atoms with Crippen LogP contribution in [0.15, 0.2) is 48.5 Å². The van der Waals surface area contributed by atoms with Crippen molar-refractivity contribution in [1.29, 1.82) is 0 Å². The van der Waals surface area contributed by atoms with Gasteiger partial charge in [0.05, 0.1) is 26.3 Å². The van der Waals surface area contributed by atoms with E-state index in [9.17, 15) is 9.59 Å². The number of likely N-dealkylation sites (N-methyl/N-ethyl adjacent to an activating group) is 1. The van der Waals surface area contributed by atoms with E-state index in [1.807, 2.05) is 24.3 Å². The maximum absolute atomic E-state index is 12.3. The first-order valence-electron chi connectivity index (χ1n) is 9.46. The zero-order valence-corrected chi connectivity index (χ0v) is 17.1. The zero-order valence-electron chi connectivity index (χ0n) is 16.4. The van der Waals surface area contributed by atoms with Crippen LogP contribution in [-0.2, 0) is 14.3 Å². The van der Waals surface area contributed by atoms with Gasteiger partial charge in [-0.3, -0.25) is 14.5 Å². The Morgan fingerprint density at radius 1 is 0.931 bits per heavy atom. The highest BCUT2D eigenvalue weighted by Crippen LogP contribution is 2.19. The highest BCUT2D eigenvalue weighted by molar-refractivity contribution is 6.30. The Morgan fingerprint density at radius 2 is 1.41 bits per heavy atom. The number of carbonyl (C=O) groups excluding carboxylic acids is 2. The number of morpholine rings is 1. The Morgan fingerprint density at radius 3 is 1.93 bits per heavy atom. The number of nitrogens with zero attached hydrogens (tertiary/aromatic N) is 2. The molecule has 1 aliphatic heterocycles. The van der Waals surface area contributed by atoms with Gasteiger partial charge in [0.2, 0.25) is 11.8 Å². The standard InChI is InChI=1S/C21H25ClN4O3/c1-25(14-20(27)23-17-4-2-16(22)3-5-17)15-21(28)24-18-6-8-19(9-7-18)26-10-12-29-13-11-26/h2-9H,10-15H2,1H3,(H,23,27)(H,24,28). The van der Waals surface area contributed by atoms with Gasteiger partial charge in [0.1, 0.15) is 0 Å². The van der Waals surface area contributed by atoms with E-state index >= 15 is 0 Å². The van der Waals surface area contributed by atoms with Crippen LogP contribution in [0.3, 0.4) is 0 Å². The van der Waals surface area contributed by atoms with Crippen molar-refractivity contribution in [3.8, 4) is 0 Å². The molecule has 2 aromatic rings. The predicted octanol–water partition coefficient (Wildman–Crippen LogP) is 2.69. The van der Waals surface area contributed by atoms with Gasteiger partial charge >= 0.3 is 0 Å². The number of nitrogens with one attached hydrogen (secondary N) is 2. The van der Waals surface area contributed by atoms with Gasteiger partial charge in [0.25, 0.3) is 0 Å². The number of hydrogen-bond acceptors (Lipinski definition) is 5. The van der Waals surface area contributed by atoms with Crippen LogP contribution in [0.1, 0.15) is 0 Å². The van der Waals surface area contributed by atoms with Crippen molar-refractivity contribution in [3.05, 3.63) is 53.6 Å². The summed E-state index contributed by atoms with van der Waals surface area (Å²) < 4.78 is 5.36. The van der Waals surface area contributed by atoms with Crippen LogP contribution in [0.25, 0.3) is 0 Å². The summed E-state index contributed by atoms with van der Waals surface area (Å²) >= 11 is 5.83. The molecule has 3 rings (SSSR count).